The average Bonchev–Trinajstić information content (AvgIpc) is 2.67. The van der Waals surface area contributed by atoms with Crippen molar-refractivity contribution >= 4 is 27.6 Å². The topological polar surface area (TPSA) is 109 Å². The van der Waals surface area contributed by atoms with Gasteiger partial charge in [-0.1, -0.05) is 0 Å². The van der Waals surface area contributed by atoms with Gasteiger partial charge in [-0.05, 0) is 37.3 Å². The molecule has 0 spiro atoms. The highest BCUT2D eigenvalue weighted by atomic mass is 32.2. The lowest BCUT2D eigenvalue weighted by atomic mass is 10.2. The molecular formula is C17H16F6N4O4S. The van der Waals surface area contributed by atoms with Crippen LogP contribution in [0.5, 0.6) is 5.75 Å². The van der Waals surface area contributed by atoms with E-state index in [1.165, 1.54) is 4.72 Å². The first kappa shape index (κ1) is 25.2. The number of pyridine rings is 1. The predicted molar refractivity (Wildman–Crippen MR) is 101 cm³/mol. The van der Waals surface area contributed by atoms with E-state index in [1.807, 2.05) is 5.32 Å². The highest BCUT2D eigenvalue weighted by molar-refractivity contribution is 7.89. The fraction of sp³-hybridized carbons (Fsp3) is 0.294. The number of nitrogens with one attached hydrogen (secondary N) is 3. The smallest absolute Gasteiger partial charge is 0.416 e. The maximum atomic E-state index is 12.8. The van der Waals surface area contributed by atoms with Crippen molar-refractivity contribution < 1.29 is 44.3 Å². The summed E-state index contributed by atoms with van der Waals surface area (Å²) in [5.41, 5.74) is -1.33. The van der Waals surface area contributed by atoms with Crippen LogP contribution in [-0.2, 0) is 16.2 Å². The van der Waals surface area contributed by atoms with Crippen molar-refractivity contribution in [2.45, 2.75) is 24.2 Å². The van der Waals surface area contributed by atoms with Gasteiger partial charge in [-0.3, -0.25) is 5.32 Å². The number of halogens is 6. The molecule has 0 saturated carbocycles. The predicted octanol–water partition coefficient (Wildman–Crippen LogP) is 3.98. The summed E-state index contributed by atoms with van der Waals surface area (Å²) in [6, 6.07) is 3.06. The Kier molecular flexibility index (Phi) is 7.56. The zero-order valence-electron chi connectivity index (χ0n) is 16.1. The Morgan fingerprint density at radius 1 is 1.06 bits per heavy atom. The Morgan fingerprint density at radius 2 is 1.75 bits per heavy atom. The van der Waals surface area contributed by atoms with E-state index in [0.717, 1.165) is 24.4 Å². The summed E-state index contributed by atoms with van der Waals surface area (Å²) in [4.78, 5) is 15.2. The molecule has 0 radical (unpaired) electrons. The molecule has 8 nitrogen and oxygen atoms in total. The first-order valence-corrected chi connectivity index (χ1v) is 10.1. The number of hydrogen-bond acceptors (Lipinski definition) is 5. The Morgan fingerprint density at radius 3 is 2.34 bits per heavy atom. The van der Waals surface area contributed by atoms with E-state index < -0.39 is 51.2 Å². The average molecular weight is 486 g/mol. The van der Waals surface area contributed by atoms with Crippen LogP contribution in [0.15, 0.2) is 41.4 Å². The van der Waals surface area contributed by atoms with Gasteiger partial charge in [0, 0.05) is 6.20 Å². The van der Waals surface area contributed by atoms with Gasteiger partial charge in [0.15, 0.2) is 0 Å². The van der Waals surface area contributed by atoms with E-state index >= 15 is 0 Å². The van der Waals surface area contributed by atoms with Gasteiger partial charge in [0.1, 0.15) is 18.1 Å². The second-order valence-corrected chi connectivity index (χ2v) is 7.80. The monoisotopic (exact) mass is 486 g/mol. The summed E-state index contributed by atoms with van der Waals surface area (Å²) < 4.78 is 106. The minimum absolute atomic E-state index is 0.0329. The minimum atomic E-state index is -4.79. The van der Waals surface area contributed by atoms with Crippen LogP contribution >= 0.6 is 0 Å². The lowest BCUT2D eigenvalue weighted by Gasteiger charge is -2.15. The molecule has 32 heavy (non-hydrogen) atoms. The van der Waals surface area contributed by atoms with Gasteiger partial charge in [-0.15, -0.1) is 0 Å². The van der Waals surface area contributed by atoms with Crippen molar-refractivity contribution in [1.82, 2.24) is 9.71 Å². The molecule has 2 amide bonds. The number of benzene rings is 1. The maximum absolute atomic E-state index is 12.8. The molecule has 2 aromatic rings. The van der Waals surface area contributed by atoms with Crippen molar-refractivity contribution in [1.29, 1.82) is 0 Å². The second kappa shape index (κ2) is 9.60. The number of carbonyl (C=O) groups excluding carboxylic acids is 1. The zero-order valence-corrected chi connectivity index (χ0v) is 17.0. The first-order chi connectivity index (χ1) is 14.7. The molecule has 176 valence electrons. The number of hydrogen-bond donors (Lipinski definition) is 3. The number of ether oxygens (including phenoxy) is 1. The van der Waals surface area contributed by atoms with E-state index in [4.69, 9.17) is 4.74 Å². The van der Waals surface area contributed by atoms with E-state index in [0.29, 0.717) is 12.1 Å². The molecule has 1 aromatic heterocycles. The van der Waals surface area contributed by atoms with Crippen LogP contribution < -0.4 is 20.1 Å². The van der Waals surface area contributed by atoms with Crippen molar-refractivity contribution in [2.75, 3.05) is 23.8 Å². The molecule has 0 unspecified atom stereocenters. The summed E-state index contributed by atoms with van der Waals surface area (Å²) in [6.45, 7) is -0.150. The molecule has 1 aromatic carbocycles. The van der Waals surface area contributed by atoms with E-state index in [-0.39, 0.29) is 18.0 Å². The van der Waals surface area contributed by atoms with Crippen molar-refractivity contribution in [3.8, 4) is 5.75 Å². The number of nitrogens with zero attached hydrogens (tertiary/aromatic N) is 1. The third-order valence-corrected chi connectivity index (χ3v) is 5.00. The van der Waals surface area contributed by atoms with E-state index in [2.05, 4.69) is 10.3 Å². The fourth-order valence-corrected chi connectivity index (χ4v) is 3.30. The molecule has 0 aliphatic heterocycles. The molecule has 0 fully saturated rings. The quantitative estimate of drug-likeness (QED) is 0.513. The molecule has 0 atom stereocenters. The summed E-state index contributed by atoms with van der Waals surface area (Å²) in [5.74, 6) is -0.486. The number of urea groups is 1. The molecule has 1 heterocycles. The molecule has 15 heteroatoms. The van der Waals surface area contributed by atoms with Gasteiger partial charge in [-0.25, -0.2) is 22.9 Å². The van der Waals surface area contributed by atoms with Crippen molar-refractivity contribution in [3.63, 3.8) is 0 Å². The Balaban J connectivity index is 2.25. The highest BCUT2D eigenvalue weighted by Gasteiger charge is 2.31. The normalized spacial score (nSPS) is 12.3. The number of aromatic nitrogens is 1. The van der Waals surface area contributed by atoms with Gasteiger partial charge in [0.25, 0.3) is 0 Å². The molecule has 0 bridgehead atoms. The molecular weight excluding hydrogens is 470 g/mol. The maximum Gasteiger partial charge on any atom is 0.416 e. The van der Waals surface area contributed by atoms with E-state index in [1.54, 1.807) is 6.92 Å². The number of amides is 2. The van der Waals surface area contributed by atoms with Crippen LogP contribution in [0.1, 0.15) is 12.5 Å². The van der Waals surface area contributed by atoms with Crippen LogP contribution in [0.3, 0.4) is 0 Å². The van der Waals surface area contributed by atoms with Gasteiger partial charge in [-0.2, -0.15) is 26.3 Å². The summed E-state index contributed by atoms with van der Waals surface area (Å²) in [7, 11) is -4.60. The Labute approximate surface area is 178 Å². The number of alkyl halides is 6. The van der Waals surface area contributed by atoms with Gasteiger partial charge < -0.3 is 10.1 Å². The third kappa shape index (κ3) is 7.26. The summed E-state index contributed by atoms with van der Waals surface area (Å²) in [6.07, 6.45) is -8.65. The third-order valence-electron chi connectivity index (χ3n) is 3.60. The van der Waals surface area contributed by atoms with Crippen LogP contribution in [0.4, 0.5) is 42.6 Å². The number of sulfonamides is 1. The fourth-order valence-electron chi connectivity index (χ4n) is 2.26. The van der Waals surface area contributed by atoms with Crippen LogP contribution in [0.25, 0.3) is 0 Å². The van der Waals surface area contributed by atoms with Crippen molar-refractivity contribution in [3.05, 3.63) is 42.1 Å². The SMILES string of the molecule is CCOc1ccc(S(=O)(=O)NCC(F)(F)F)cc1NC(=O)Nc1cc(C(F)(F)F)ccn1. The first-order valence-electron chi connectivity index (χ1n) is 8.66. The van der Waals surface area contributed by atoms with Gasteiger partial charge in [0.2, 0.25) is 10.0 Å². The number of rotatable bonds is 7. The standard InChI is InChI=1S/C17H16F6N4O4S/c1-2-31-13-4-3-11(32(29,30)25-9-16(18,19)20)8-12(13)26-15(28)27-14-7-10(5-6-24-14)17(21,22)23/h3-8,25H,2,9H2,1H3,(H2,24,26,27,28). The summed E-state index contributed by atoms with van der Waals surface area (Å²) in [5, 5.41) is 4.22. The molecule has 0 saturated heterocycles. The van der Waals surface area contributed by atoms with Crippen LogP contribution in [-0.4, -0.2) is 38.8 Å². The summed E-state index contributed by atoms with van der Waals surface area (Å²) >= 11 is 0. The van der Waals surface area contributed by atoms with Gasteiger partial charge in [0.05, 0.1) is 22.8 Å². The number of anilines is 2. The molecule has 3 N–H and O–H groups in total. The van der Waals surface area contributed by atoms with Crippen LogP contribution in [0, 0.1) is 0 Å². The van der Waals surface area contributed by atoms with Gasteiger partial charge >= 0.3 is 18.4 Å². The number of carbonyl (C=O) groups is 1. The lowest BCUT2D eigenvalue weighted by molar-refractivity contribution is -0.137. The van der Waals surface area contributed by atoms with E-state index in [9.17, 15) is 39.6 Å². The Hall–Kier alpha value is -3.07. The minimum Gasteiger partial charge on any atom is -0.492 e. The molecule has 0 aliphatic rings. The lowest BCUT2D eigenvalue weighted by Crippen LogP contribution is -2.33. The largest absolute Gasteiger partial charge is 0.492 e. The van der Waals surface area contributed by atoms with Crippen LogP contribution in [0.2, 0.25) is 0 Å². The Bertz CT molecular complexity index is 1070. The molecule has 2 rings (SSSR count). The molecule has 0 aliphatic carbocycles. The second-order valence-electron chi connectivity index (χ2n) is 6.04. The zero-order chi connectivity index (χ0) is 24.2. The highest BCUT2D eigenvalue weighted by Crippen LogP contribution is 2.31. The van der Waals surface area contributed by atoms with Crippen molar-refractivity contribution in [2.24, 2.45) is 0 Å².